The van der Waals surface area contributed by atoms with Gasteiger partial charge in [-0.05, 0) is 29.8 Å². The van der Waals surface area contributed by atoms with Crippen molar-refractivity contribution in [2.24, 2.45) is 0 Å². The second-order valence-electron chi connectivity index (χ2n) is 5.36. The Balaban J connectivity index is 2.15. The minimum absolute atomic E-state index is 0.108. The Labute approximate surface area is 147 Å². The lowest BCUT2D eigenvalue weighted by atomic mass is 10.2. The van der Waals surface area contributed by atoms with Gasteiger partial charge < -0.3 is 15.3 Å². The van der Waals surface area contributed by atoms with E-state index in [2.05, 4.69) is 5.32 Å². The summed E-state index contributed by atoms with van der Waals surface area (Å²) < 4.78 is 38.0. The lowest BCUT2D eigenvalue weighted by Crippen LogP contribution is -2.45. The zero-order valence-corrected chi connectivity index (χ0v) is 13.8. The quantitative estimate of drug-likeness (QED) is 0.822. The molecule has 134 valence electrons. The first-order valence-electron chi connectivity index (χ1n) is 7.36. The number of hydrogen-bond acceptors (Lipinski definition) is 2. The fourth-order valence-corrected chi connectivity index (χ4v) is 2.19. The number of aliphatic hydroxyl groups is 1. The number of benzene rings is 2. The number of aliphatic hydroxyl groups excluding tert-OH is 1. The molecule has 0 fully saturated rings. The topological polar surface area (TPSA) is 52.6 Å². The Morgan fingerprint density at radius 3 is 2.28 bits per heavy atom. The summed E-state index contributed by atoms with van der Waals surface area (Å²) in [4.78, 5) is 13.3. The summed E-state index contributed by atoms with van der Waals surface area (Å²) in [5, 5.41) is 12.3. The Kier molecular flexibility index (Phi) is 6.27. The molecule has 4 nitrogen and oxygen atoms in total. The fourth-order valence-electron chi connectivity index (χ4n) is 2.07. The molecule has 2 rings (SSSR count). The van der Waals surface area contributed by atoms with E-state index in [9.17, 15) is 23.1 Å². The van der Waals surface area contributed by atoms with Crippen molar-refractivity contribution in [3.05, 3.63) is 65.2 Å². The maximum Gasteiger partial charge on any atom is 0.416 e. The summed E-state index contributed by atoms with van der Waals surface area (Å²) in [7, 11) is 0. The number of carbonyl (C=O) groups excluding carboxylic acids is 1. The molecule has 0 aliphatic heterocycles. The van der Waals surface area contributed by atoms with Gasteiger partial charge in [-0.25, -0.2) is 4.79 Å². The zero-order chi connectivity index (χ0) is 18.4. The molecule has 0 saturated heterocycles. The molecule has 0 aromatic heterocycles. The zero-order valence-electron chi connectivity index (χ0n) is 13.0. The number of amides is 2. The second kappa shape index (κ2) is 8.22. The van der Waals surface area contributed by atoms with Crippen LogP contribution in [0.1, 0.15) is 5.56 Å². The van der Waals surface area contributed by atoms with E-state index in [1.807, 2.05) is 0 Å². The molecule has 0 heterocycles. The molecule has 0 spiro atoms. The summed E-state index contributed by atoms with van der Waals surface area (Å²) in [5.41, 5.74) is 1.03. The molecule has 0 saturated carbocycles. The third-order valence-electron chi connectivity index (χ3n) is 3.37. The summed E-state index contributed by atoms with van der Waals surface area (Å²) in [5.74, 6) is 0. The maximum atomic E-state index is 12.7. The number of para-hydroxylation sites is 1. The van der Waals surface area contributed by atoms with Gasteiger partial charge in [-0.15, -0.1) is 0 Å². The molecule has 2 N–H and O–H groups in total. The second-order valence-corrected chi connectivity index (χ2v) is 5.80. The van der Waals surface area contributed by atoms with Crippen LogP contribution in [0, 0.1) is 0 Å². The number of nitrogens with zero attached hydrogens (tertiary/aromatic N) is 1. The highest BCUT2D eigenvalue weighted by atomic mass is 35.5. The highest BCUT2D eigenvalue weighted by molar-refractivity contribution is 6.30. The molecular formula is C17H16ClF3N2O2. The number of alkyl halides is 3. The SMILES string of the molecule is O=C(Nc1ccccc1)N(Cc1ccc(Cl)cc1)CC(O)C(F)(F)F. The van der Waals surface area contributed by atoms with Crippen LogP contribution in [0.2, 0.25) is 5.02 Å². The van der Waals surface area contributed by atoms with Crippen molar-refractivity contribution in [3.8, 4) is 0 Å². The maximum absolute atomic E-state index is 12.7. The summed E-state index contributed by atoms with van der Waals surface area (Å²) >= 11 is 5.78. The van der Waals surface area contributed by atoms with Crippen LogP contribution in [0.25, 0.3) is 0 Å². The predicted molar refractivity (Wildman–Crippen MR) is 89.4 cm³/mol. The van der Waals surface area contributed by atoms with Crippen LogP contribution in [0.3, 0.4) is 0 Å². The molecule has 25 heavy (non-hydrogen) atoms. The van der Waals surface area contributed by atoms with E-state index in [0.29, 0.717) is 16.3 Å². The molecule has 0 aliphatic carbocycles. The molecule has 2 aromatic carbocycles. The first-order chi connectivity index (χ1) is 11.8. The van der Waals surface area contributed by atoms with Gasteiger partial charge in [0.1, 0.15) is 0 Å². The van der Waals surface area contributed by atoms with Gasteiger partial charge in [0.2, 0.25) is 0 Å². The number of halogens is 4. The minimum Gasteiger partial charge on any atom is -0.382 e. The number of urea groups is 1. The molecule has 2 aromatic rings. The molecule has 1 atom stereocenters. The van der Waals surface area contributed by atoms with Crippen molar-refractivity contribution in [2.75, 3.05) is 11.9 Å². The average molecular weight is 373 g/mol. The number of rotatable bonds is 5. The Hall–Kier alpha value is -2.25. The molecule has 0 radical (unpaired) electrons. The smallest absolute Gasteiger partial charge is 0.382 e. The first-order valence-corrected chi connectivity index (χ1v) is 7.73. The van der Waals surface area contributed by atoms with Crippen molar-refractivity contribution < 1.29 is 23.1 Å². The van der Waals surface area contributed by atoms with Gasteiger partial charge in [0.05, 0.1) is 6.54 Å². The van der Waals surface area contributed by atoms with Gasteiger partial charge in [0.25, 0.3) is 0 Å². The molecule has 0 bridgehead atoms. The van der Waals surface area contributed by atoms with Crippen molar-refractivity contribution in [2.45, 2.75) is 18.8 Å². The van der Waals surface area contributed by atoms with E-state index in [-0.39, 0.29) is 6.54 Å². The first kappa shape index (κ1) is 19.1. The van der Waals surface area contributed by atoms with Gasteiger partial charge >= 0.3 is 12.2 Å². The lowest BCUT2D eigenvalue weighted by molar-refractivity contribution is -0.206. The number of hydrogen-bond donors (Lipinski definition) is 2. The van der Waals surface area contributed by atoms with Crippen LogP contribution in [0.4, 0.5) is 23.7 Å². The van der Waals surface area contributed by atoms with E-state index in [1.54, 1.807) is 54.6 Å². The van der Waals surface area contributed by atoms with Crippen LogP contribution < -0.4 is 5.32 Å². The Bertz CT molecular complexity index is 693. The number of anilines is 1. The number of carbonyl (C=O) groups is 1. The normalized spacial score (nSPS) is 12.5. The van der Waals surface area contributed by atoms with Gasteiger partial charge in [0.15, 0.2) is 6.10 Å². The largest absolute Gasteiger partial charge is 0.416 e. The van der Waals surface area contributed by atoms with Crippen LogP contribution in [-0.4, -0.2) is 34.9 Å². The minimum atomic E-state index is -4.81. The average Bonchev–Trinajstić information content (AvgIpc) is 2.56. The fraction of sp³-hybridized carbons (Fsp3) is 0.235. The van der Waals surface area contributed by atoms with E-state index in [1.165, 1.54) is 0 Å². The van der Waals surface area contributed by atoms with Gasteiger partial charge in [-0.1, -0.05) is 41.9 Å². The predicted octanol–water partition coefficient (Wildman–Crippen LogP) is 4.30. The Morgan fingerprint density at radius 2 is 1.72 bits per heavy atom. The van der Waals surface area contributed by atoms with Gasteiger partial charge in [0, 0.05) is 17.3 Å². The molecule has 0 aliphatic rings. The van der Waals surface area contributed by atoms with Crippen molar-refractivity contribution in [1.82, 2.24) is 4.90 Å². The van der Waals surface area contributed by atoms with Crippen LogP contribution in [-0.2, 0) is 6.54 Å². The summed E-state index contributed by atoms with van der Waals surface area (Å²) in [6.07, 6.45) is -7.45. The third kappa shape index (κ3) is 5.95. The molecule has 8 heteroatoms. The standard InChI is InChI=1S/C17H16ClF3N2O2/c18-13-8-6-12(7-9-13)10-23(11-15(24)17(19,20)21)16(25)22-14-4-2-1-3-5-14/h1-9,15,24H,10-11H2,(H,22,25). The molecule has 1 unspecified atom stereocenters. The van der Waals surface area contributed by atoms with Crippen molar-refractivity contribution >= 4 is 23.3 Å². The van der Waals surface area contributed by atoms with Crippen LogP contribution in [0.15, 0.2) is 54.6 Å². The Morgan fingerprint density at radius 1 is 1.12 bits per heavy atom. The van der Waals surface area contributed by atoms with Crippen LogP contribution in [0.5, 0.6) is 0 Å². The van der Waals surface area contributed by atoms with Gasteiger partial charge in [-0.2, -0.15) is 13.2 Å². The van der Waals surface area contributed by atoms with E-state index in [4.69, 9.17) is 11.6 Å². The van der Waals surface area contributed by atoms with Crippen molar-refractivity contribution in [3.63, 3.8) is 0 Å². The molecule has 2 amide bonds. The monoisotopic (exact) mass is 372 g/mol. The van der Waals surface area contributed by atoms with Crippen LogP contribution >= 0.6 is 11.6 Å². The van der Waals surface area contributed by atoms with E-state index >= 15 is 0 Å². The highest BCUT2D eigenvalue weighted by Gasteiger charge is 2.40. The van der Waals surface area contributed by atoms with Gasteiger partial charge in [-0.3, -0.25) is 0 Å². The lowest BCUT2D eigenvalue weighted by Gasteiger charge is -2.26. The summed E-state index contributed by atoms with van der Waals surface area (Å²) in [6.45, 7) is -0.992. The van der Waals surface area contributed by atoms with E-state index in [0.717, 1.165) is 4.90 Å². The summed E-state index contributed by atoms with van der Waals surface area (Å²) in [6, 6.07) is 13.9. The van der Waals surface area contributed by atoms with E-state index < -0.39 is 24.9 Å². The number of nitrogens with one attached hydrogen (secondary N) is 1. The third-order valence-corrected chi connectivity index (χ3v) is 3.62. The van der Waals surface area contributed by atoms with Crippen molar-refractivity contribution in [1.29, 1.82) is 0 Å². The molecular weight excluding hydrogens is 357 g/mol. The highest BCUT2D eigenvalue weighted by Crippen LogP contribution is 2.22.